The van der Waals surface area contributed by atoms with Crippen molar-refractivity contribution in [1.29, 1.82) is 0 Å². The molecule has 1 spiro atoms. The molecule has 2 aromatic rings. The minimum Gasteiger partial charge on any atom is -0.343 e. The first-order chi connectivity index (χ1) is 16.6. The van der Waals surface area contributed by atoms with Gasteiger partial charge in [-0.2, -0.15) is 0 Å². The number of piperidine rings is 1. The van der Waals surface area contributed by atoms with Crippen molar-refractivity contribution in [2.75, 3.05) is 39.5 Å². The summed E-state index contributed by atoms with van der Waals surface area (Å²) in [6.07, 6.45) is 2.72. The molecule has 7 heteroatoms. The minimum absolute atomic E-state index is 0.0234. The van der Waals surface area contributed by atoms with Crippen LogP contribution in [0, 0.1) is 17.7 Å². The summed E-state index contributed by atoms with van der Waals surface area (Å²) in [5, 5.41) is 0. The Morgan fingerprint density at radius 2 is 1.50 bits per heavy atom. The largest absolute Gasteiger partial charge is 0.343 e. The van der Waals surface area contributed by atoms with Crippen LogP contribution >= 0.6 is 0 Å². The van der Waals surface area contributed by atoms with Crippen LogP contribution in [-0.2, 0) is 41.7 Å². The van der Waals surface area contributed by atoms with E-state index in [0.717, 1.165) is 30.4 Å². The van der Waals surface area contributed by atoms with Gasteiger partial charge in [-0.1, -0.05) is 36.4 Å². The molecule has 6 rings (SSSR count). The molecule has 3 fully saturated rings. The molecule has 0 radical (unpaired) electrons. The van der Waals surface area contributed by atoms with Crippen molar-refractivity contribution in [1.82, 2.24) is 4.90 Å². The molecule has 0 bridgehead atoms. The molecule has 1 atom stereocenters. The van der Waals surface area contributed by atoms with E-state index in [1.807, 2.05) is 17.0 Å². The van der Waals surface area contributed by atoms with Crippen LogP contribution in [-0.4, -0.2) is 50.3 Å². The van der Waals surface area contributed by atoms with Crippen LogP contribution < -0.4 is 0 Å². The van der Waals surface area contributed by atoms with Crippen LogP contribution in [0.2, 0.25) is 0 Å². The van der Waals surface area contributed by atoms with E-state index in [4.69, 9.17) is 18.9 Å². The lowest BCUT2D eigenvalue weighted by Crippen LogP contribution is -2.47. The highest BCUT2D eigenvalue weighted by molar-refractivity contribution is 5.77. The van der Waals surface area contributed by atoms with Crippen LogP contribution in [0.25, 0.3) is 0 Å². The van der Waals surface area contributed by atoms with Gasteiger partial charge in [0.05, 0.1) is 26.4 Å². The van der Waals surface area contributed by atoms with Gasteiger partial charge >= 0.3 is 0 Å². The summed E-state index contributed by atoms with van der Waals surface area (Å²) in [6, 6.07) is 14.6. The van der Waals surface area contributed by atoms with Crippen molar-refractivity contribution >= 4 is 5.91 Å². The Labute approximate surface area is 198 Å². The van der Waals surface area contributed by atoms with Gasteiger partial charge in [0.1, 0.15) is 5.82 Å². The number of likely N-dealkylation sites (tertiary alicyclic amines) is 1. The number of amides is 1. The maximum absolute atomic E-state index is 13.5. The van der Waals surface area contributed by atoms with Crippen molar-refractivity contribution in [3.8, 4) is 0 Å². The molecule has 4 aliphatic rings. The maximum atomic E-state index is 13.5. The van der Waals surface area contributed by atoms with Gasteiger partial charge in [-0.15, -0.1) is 0 Å². The SMILES string of the molecule is O=C(CC1Cc2ccccc2C12OCCO2)N1CCC(C2(c3ccc(F)cc3)OCCO2)CC1. The number of hydrogen-bond acceptors (Lipinski definition) is 5. The second-order valence-corrected chi connectivity index (χ2v) is 9.65. The van der Waals surface area contributed by atoms with Crippen molar-refractivity contribution in [3.05, 3.63) is 71.0 Å². The Morgan fingerprint density at radius 1 is 0.882 bits per heavy atom. The van der Waals surface area contributed by atoms with Crippen molar-refractivity contribution < 1.29 is 28.1 Å². The number of carbonyl (C=O) groups excluding carboxylic acids is 1. The fraction of sp³-hybridized carbons (Fsp3) is 0.519. The van der Waals surface area contributed by atoms with E-state index in [9.17, 15) is 9.18 Å². The number of carbonyl (C=O) groups is 1. The second kappa shape index (κ2) is 8.72. The number of rotatable bonds is 4. The first-order valence-corrected chi connectivity index (χ1v) is 12.3. The van der Waals surface area contributed by atoms with Crippen LogP contribution in [0.4, 0.5) is 4.39 Å². The summed E-state index contributed by atoms with van der Waals surface area (Å²) in [4.78, 5) is 15.3. The number of hydrogen-bond donors (Lipinski definition) is 0. The molecule has 1 unspecified atom stereocenters. The Balaban J connectivity index is 1.13. The van der Waals surface area contributed by atoms with Gasteiger partial charge in [0.15, 0.2) is 11.6 Å². The Kier molecular flexibility index (Phi) is 5.68. The lowest BCUT2D eigenvalue weighted by molar-refractivity contribution is -0.215. The minimum atomic E-state index is -0.856. The molecular formula is C27H30FNO5. The molecular weight excluding hydrogens is 437 g/mol. The van der Waals surface area contributed by atoms with Crippen molar-refractivity contribution in [3.63, 3.8) is 0 Å². The molecule has 180 valence electrons. The highest BCUT2D eigenvalue weighted by Gasteiger charge is 2.53. The predicted molar refractivity (Wildman–Crippen MR) is 121 cm³/mol. The second-order valence-electron chi connectivity index (χ2n) is 9.65. The molecule has 3 heterocycles. The Hall–Kier alpha value is -2.32. The van der Waals surface area contributed by atoms with E-state index in [-0.39, 0.29) is 23.6 Å². The van der Waals surface area contributed by atoms with E-state index in [1.165, 1.54) is 17.7 Å². The van der Waals surface area contributed by atoms with Crippen LogP contribution in [0.15, 0.2) is 48.5 Å². The zero-order valence-corrected chi connectivity index (χ0v) is 19.2. The van der Waals surface area contributed by atoms with E-state index in [1.54, 1.807) is 12.1 Å². The predicted octanol–water partition coefficient (Wildman–Crippen LogP) is 3.73. The highest BCUT2D eigenvalue weighted by Crippen LogP contribution is 2.49. The van der Waals surface area contributed by atoms with Crippen LogP contribution in [0.5, 0.6) is 0 Å². The van der Waals surface area contributed by atoms with E-state index in [2.05, 4.69) is 12.1 Å². The van der Waals surface area contributed by atoms with Gasteiger partial charge in [0.25, 0.3) is 0 Å². The fourth-order valence-corrected chi connectivity index (χ4v) is 6.28. The zero-order valence-electron chi connectivity index (χ0n) is 19.2. The average Bonchev–Trinajstić information content (AvgIpc) is 3.62. The summed E-state index contributed by atoms with van der Waals surface area (Å²) in [6.45, 7) is 3.43. The number of nitrogens with zero attached hydrogens (tertiary/aromatic N) is 1. The van der Waals surface area contributed by atoms with E-state index >= 15 is 0 Å². The molecule has 3 saturated heterocycles. The molecule has 0 saturated carbocycles. The van der Waals surface area contributed by atoms with Crippen LogP contribution in [0.1, 0.15) is 36.0 Å². The summed E-state index contributed by atoms with van der Waals surface area (Å²) < 4.78 is 38.0. The molecule has 0 aromatic heterocycles. The maximum Gasteiger partial charge on any atom is 0.223 e. The highest BCUT2D eigenvalue weighted by atomic mass is 19.1. The van der Waals surface area contributed by atoms with Gasteiger partial charge < -0.3 is 23.8 Å². The number of halogens is 1. The third-order valence-corrected chi connectivity index (χ3v) is 7.88. The normalized spacial score (nSPS) is 25.7. The van der Waals surface area contributed by atoms with Gasteiger partial charge in [-0.25, -0.2) is 4.39 Å². The standard InChI is InChI=1S/C27H30FNO5/c28-23-7-5-20(6-8-23)26(31-13-14-32-26)21-9-11-29(12-10-21)25(30)18-22-17-19-3-1-2-4-24(19)27(22)33-15-16-34-27/h1-8,21-22H,9-18H2. The van der Waals surface area contributed by atoms with Crippen LogP contribution in [0.3, 0.4) is 0 Å². The third-order valence-electron chi connectivity index (χ3n) is 7.88. The Bertz CT molecular complexity index is 1040. The third kappa shape index (κ3) is 3.57. The lowest BCUT2D eigenvalue weighted by atomic mass is 9.83. The van der Waals surface area contributed by atoms with Gasteiger partial charge in [0.2, 0.25) is 5.91 Å². The van der Waals surface area contributed by atoms with Gasteiger partial charge in [-0.3, -0.25) is 4.79 Å². The summed E-state index contributed by atoms with van der Waals surface area (Å²) >= 11 is 0. The first kappa shape index (κ1) is 22.2. The van der Waals surface area contributed by atoms with E-state index in [0.29, 0.717) is 45.9 Å². The van der Waals surface area contributed by atoms with Gasteiger partial charge in [0, 0.05) is 42.5 Å². The smallest absolute Gasteiger partial charge is 0.223 e. The fourth-order valence-electron chi connectivity index (χ4n) is 6.28. The molecule has 3 aliphatic heterocycles. The van der Waals surface area contributed by atoms with Gasteiger partial charge in [-0.05, 0) is 37.0 Å². The first-order valence-electron chi connectivity index (χ1n) is 12.3. The lowest BCUT2D eigenvalue weighted by Gasteiger charge is -2.41. The van der Waals surface area contributed by atoms with E-state index < -0.39 is 11.6 Å². The van der Waals surface area contributed by atoms with Crippen molar-refractivity contribution in [2.24, 2.45) is 11.8 Å². The number of ether oxygens (including phenoxy) is 4. The quantitative estimate of drug-likeness (QED) is 0.686. The molecule has 6 nitrogen and oxygen atoms in total. The molecule has 1 amide bonds. The van der Waals surface area contributed by atoms with Crippen molar-refractivity contribution in [2.45, 2.75) is 37.3 Å². The molecule has 0 N–H and O–H groups in total. The summed E-state index contributed by atoms with van der Waals surface area (Å²) in [5.74, 6) is -1.70. The topological polar surface area (TPSA) is 57.2 Å². The summed E-state index contributed by atoms with van der Waals surface area (Å²) in [7, 11) is 0. The number of benzene rings is 2. The Morgan fingerprint density at radius 3 is 2.18 bits per heavy atom. The molecule has 2 aromatic carbocycles. The number of fused-ring (bicyclic) bond motifs is 2. The monoisotopic (exact) mass is 467 g/mol. The zero-order chi connectivity index (χ0) is 23.2. The summed E-state index contributed by atoms with van der Waals surface area (Å²) in [5.41, 5.74) is 3.12. The molecule has 34 heavy (non-hydrogen) atoms. The molecule has 1 aliphatic carbocycles. The average molecular weight is 468 g/mol.